The number of nitro groups is 1. The molecular formula is C13H15ClN2O3. The van der Waals surface area contributed by atoms with Gasteiger partial charge < -0.3 is 5.32 Å². The van der Waals surface area contributed by atoms with E-state index in [-0.39, 0.29) is 27.7 Å². The lowest BCUT2D eigenvalue weighted by atomic mass is 9.98. The highest BCUT2D eigenvalue weighted by molar-refractivity contribution is 6.34. The first kappa shape index (κ1) is 13.8. The second-order valence-corrected chi connectivity index (χ2v) is 5.78. The summed E-state index contributed by atoms with van der Waals surface area (Å²) >= 11 is 5.93. The summed E-state index contributed by atoms with van der Waals surface area (Å²) in [5, 5.41) is 13.6. The van der Waals surface area contributed by atoms with Crippen molar-refractivity contribution in [3.63, 3.8) is 0 Å². The van der Waals surface area contributed by atoms with Crippen LogP contribution in [0.25, 0.3) is 0 Å². The van der Waals surface area contributed by atoms with E-state index in [0.29, 0.717) is 5.92 Å². The van der Waals surface area contributed by atoms with Crippen LogP contribution in [-0.2, 0) is 0 Å². The van der Waals surface area contributed by atoms with Gasteiger partial charge in [-0.15, -0.1) is 0 Å². The Hall–Kier alpha value is -1.62. The topological polar surface area (TPSA) is 72.2 Å². The van der Waals surface area contributed by atoms with Crippen molar-refractivity contribution in [2.45, 2.75) is 32.2 Å². The molecule has 0 atom stereocenters. The van der Waals surface area contributed by atoms with Crippen LogP contribution in [0.15, 0.2) is 18.2 Å². The molecule has 1 amide bonds. The average molecular weight is 283 g/mol. The SMILES string of the molecule is CC(C)(NC(=O)c1ccc([N+](=O)[O-])cc1Cl)C1CC1. The summed E-state index contributed by atoms with van der Waals surface area (Å²) in [6.45, 7) is 3.95. The van der Waals surface area contributed by atoms with Gasteiger partial charge in [-0.3, -0.25) is 14.9 Å². The van der Waals surface area contributed by atoms with Gasteiger partial charge in [0.25, 0.3) is 11.6 Å². The number of benzene rings is 1. The normalized spacial score (nSPS) is 15.1. The third kappa shape index (κ3) is 3.04. The summed E-state index contributed by atoms with van der Waals surface area (Å²) in [4.78, 5) is 22.2. The van der Waals surface area contributed by atoms with Crippen molar-refractivity contribution in [3.05, 3.63) is 38.9 Å². The Bertz CT molecular complexity index is 539. The van der Waals surface area contributed by atoms with E-state index in [1.165, 1.54) is 18.2 Å². The Labute approximate surface area is 116 Å². The van der Waals surface area contributed by atoms with Crippen LogP contribution in [0.1, 0.15) is 37.0 Å². The Balaban J connectivity index is 2.17. The van der Waals surface area contributed by atoms with Gasteiger partial charge in [-0.1, -0.05) is 11.6 Å². The molecule has 6 heteroatoms. The van der Waals surface area contributed by atoms with Crippen LogP contribution in [0.5, 0.6) is 0 Å². The highest BCUT2D eigenvalue weighted by Gasteiger charge is 2.39. The first-order valence-electron chi connectivity index (χ1n) is 6.08. The molecule has 0 saturated heterocycles. The van der Waals surface area contributed by atoms with E-state index in [2.05, 4.69) is 5.32 Å². The number of nitrogens with zero attached hydrogens (tertiary/aromatic N) is 1. The summed E-state index contributed by atoms with van der Waals surface area (Å²) < 4.78 is 0. The van der Waals surface area contributed by atoms with Crippen LogP contribution in [0.2, 0.25) is 5.02 Å². The molecule has 19 heavy (non-hydrogen) atoms. The largest absolute Gasteiger partial charge is 0.347 e. The third-order valence-corrected chi connectivity index (χ3v) is 3.75. The molecule has 0 bridgehead atoms. The lowest BCUT2D eigenvalue weighted by Crippen LogP contribution is -2.45. The minimum Gasteiger partial charge on any atom is -0.347 e. The number of hydrogen-bond donors (Lipinski definition) is 1. The van der Waals surface area contributed by atoms with Crippen LogP contribution in [0.3, 0.4) is 0 Å². The van der Waals surface area contributed by atoms with Crippen molar-refractivity contribution in [3.8, 4) is 0 Å². The number of carbonyl (C=O) groups excluding carboxylic acids is 1. The van der Waals surface area contributed by atoms with Gasteiger partial charge in [0, 0.05) is 17.7 Å². The zero-order valence-corrected chi connectivity index (χ0v) is 11.5. The second-order valence-electron chi connectivity index (χ2n) is 5.37. The average Bonchev–Trinajstić information content (AvgIpc) is 3.11. The number of nitro benzene ring substituents is 1. The fourth-order valence-corrected chi connectivity index (χ4v) is 2.33. The molecule has 1 N–H and O–H groups in total. The third-order valence-electron chi connectivity index (χ3n) is 3.44. The molecule has 5 nitrogen and oxygen atoms in total. The van der Waals surface area contributed by atoms with E-state index in [1.807, 2.05) is 13.8 Å². The summed E-state index contributed by atoms with van der Waals surface area (Å²) in [6.07, 6.45) is 2.22. The Morgan fingerprint density at radius 3 is 2.58 bits per heavy atom. The zero-order valence-electron chi connectivity index (χ0n) is 10.8. The van der Waals surface area contributed by atoms with Crippen molar-refractivity contribution in [1.82, 2.24) is 5.32 Å². The maximum Gasteiger partial charge on any atom is 0.270 e. The van der Waals surface area contributed by atoms with Gasteiger partial charge >= 0.3 is 0 Å². The van der Waals surface area contributed by atoms with Gasteiger partial charge in [-0.05, 0) is 38.7 Å². The van der Waals surface area contributed by atoms with Crippen molar-refractivity contribution in [2.75, 3.05) is 0 Å². The van der Waals surface area contributed by atoms with Crippen LogP contribution >= 0.6 is 11.6 Å². The molecule has 0 aliphatic heterocycles. The fraction of sp³-hybridized carbons (Fsp3) is 0.462. The molecule has 1 saturated carbocycles. The number of amides is 1. The first-order chi connectivity index (χ1) is 8.81. The molecule has 1 aliphatic rings. The van der Waals surface area contributed by atoms with Crippen molar-refractivity contribution in [2.24, 2.45) is 5.92 Å². The number of halogens is 1. The van der Waals surface area contributed by atoms with E-state index < -0.39 is 4.92 Å². The quantitative estimate of drug-likeness (QED) is 0.681. The Morgan fingerprint density at radius 2 is 2.11 bits per heavy atom. The molecule has 1 aromatic rings. The van der Waals surface area contributed by atoms with Gasteiger partial charge in [0.05, 0.1) is 15.5 Å². The summed E-state index contributed by atoms with van der Waals surface area (Å²) in [7, 11) is 0. The standard InChI is InChI=1S/C13H15ClN2O3/c1-13(2,8-3-4-8)15-12(17)10-6-5-9(16(18)19)7-11(10)14/h5-8H,3-4H2,1-2H3,(H,15,17). The summed E-state index contributed by atoms with van der Waals surface area (Å²) in [6, 6.07) is 3.87. The lowest BCUT2D eigenvalue weighted by molar-refractivity contribution is -0.384. The molecule has 1 aromatic carbocycles. The maximum absolute atomic E-state index is 12.1. The molecule has 0 aromatic heterocycles. The van der Waals surface area contributed by atoms with Gasteiger partial charge in [-0.2, -0.15) is 0 Å². The van der Waals surface area contributed by atoms with E-state index in [1.54, 1.807) is 0 Å². The number of hydrogen-bond acceptors (Lipinski definition) is 3. The number of non-ortho nitro benzene ring substituents is 1. The molecule has 1 fully saturated rings. The molecular weight excluding hydrogens is 268 g/mol. The monoisotopic (exact) mass is 282 g/mol. The van der Waals surface area contributed by atoms with E-state index in [0.717, 1.165) is 12.8 Å². The maximum atomic E-state index is 12.1. The predicted molar refractivity (Wildman–Crippen MR) is 72.4 cm³/mol. The van der Waals surface area contributed by atoms with Gasteiger partial charge in [0.1, 0.15) is 0 Å². The second kappa shape index (κ2) is 4.81. The van der Waals surface area contributed by atoms with E-state index in [4.69, 9.17) is 11.6 Å². The molecule has 0 heterocycles. The van der Waals surface area contributed by atoms with Crippen LogP contribution in [0, 0.1) is 16.0 Å². The molecule has 0 spiro atoms. The minimum absolute atomic E-state index is 0.0956. The summed E-state index contributed by atoms with van der Waals surface area (Å²) in [5.41, 5.74) is -0.133. The Kier molecular flexibility index (Phi) is 3.49. The van der Waals surface area contributed by atoms with Crippen molar-refractivity contribution >= 4 is 23.2 Å². The van der Waals surface area contributed by atoms with Gasteiger partial charge in [0.15, 0.2) is 0 Å². The number of rotatable bonds is 4. The van der Waals surface area contributed by atoms with Gasteiger partial charge in [0.2, 0.25) is 0 Å². The lowest BCUT2D eigenvalue weighted by Gasteiger charge is -2.26. The number of carbonyl (C=O) groups is 1. The Morgan fingerprint density at radius 1 is 1.47 bits per heavy atom. The molecule has 2 rings (SSSR count). The highest BCUT2D eigenvalue weighted by atomic mass is 35.5. The molecule has 0 unspecified atom stereocenters. The van der Waals surface area contributed by atoms with Gasteiger partial charge in [-0.25, -0.2) is 0 Å². The van der Waals surface area contributed by atoms with Crippen molar-refractivity contribution in [1.29, 1.82) is 0 Å². The van der Waals surface area contributed by atoms with E-state index in [9.17, 15) is 14.9 Å². The molecule has 1 aliphatic carbocycles. The molecule has 102 valence electrons. The number of nitrogens with one attached hydrogen (secondary N) is 1. The molecule has 0 radical (unpaired) electrons. The van der Waals surface area contributed by atoms with E-state index >= 15 is 0 Å². The minimum atomic E-state index is -0.540. The predicted octanol–water partition coefficient (Wildman–Crippen LogP) is 3.17. The highest BCUT2D eigenvalue weighted by Crippen LogP contribution is 2.39. The van der Waals surface area contributed by atoms with Crippen molar-refractivity contribution < 1.29 is 9.72 Å². The smallest absolute Gasteiger partial charge is 0.270 e. The first-order valence-corrected chi connectivity index (χ1v) is 6.45. The van der Waals surface area contributed by atoms with Crippen LogP contribution in [-0.4, -0.2) is 16.4 Å². The van der Waals surface area contributed by atoms with Crippen LogP contribution in [0.4, 0.5) is 5.69 Å². The zero-order chi connectivity index (χ0) is 14.2. The summed E-state index contributed by atoms with van der Waals surface area (Å²) in [5.74, 6) is 0.199. The fourth-order valence-electron chi connectivity index (χ4n) is 2.07. The van der Waals surface area contributed by atoms with Crippen LogP contribution < -0.4 is 5.32 Å².